The molecule has 1 N–H and O–H groups in total. The number of hydrogen-bond donors (Lipinski definition) is 1. The third kappa shape index (κ3) is 5.24. The lowest BCUT2D eigenvalue weighted by Gasteiger charge is -2.34. The van der Waals surface area contributed by atoms with E-state index < -0.39 is 10.0 Å². The average molecular weight is 437 g/mol. The van der Waals surface area contributed by atoms with Gasteiger partial charge in [-0.05, 0) is 44.7 Å². The van der Waals surface area contributed by atoms with E-state index in [1.165, 1.54) is 4.31 Å². The Morgan fingerprint density at radius 2 is 2.07 bits per heavy atom. The molecular weight excluding hydrogens is 404 g/mol. The van der Waals surface area contributed by atoms with Gasteiger partial charge in [0.2, 0.25) is 10.0 Å². The minimum atomic E-state index is -3.44. The number of carbonyl (C=O) groups is 1. The van der Waals surface area contributed by atoms with Gasteiger partial charge in [0.15, 0.2) is 5.96 Å². The van der Waals surface area contributed by atoms with Crippen molar-refractivity contribution in [3.8, 4) is 0 Å². The molecule has 9 heteroatoms. The van der Waals surface area contributed by atoms with Crippen LogP contribution in [-0.2, 0) is 26.0 Å². The normalized spacial score (nSPS) is 19.5. The first-order valence-corrected chi connectivity index (χ1v) is 12.4. The molecule has 30 heavy (non-hydrogen) atoms. The second-order valence-electron chi connectivity index (χ2n) is 7.54. The van der Waals surface area contributed by atoms with Crippen molar-refractivity contribution < 1.29 is 17.9 Å². The van der Waals surface area contributed by atoms with Crippen molar-refractivity contribution in [1.82, 2.24) is 10.2 Å². The fraction of sp³-hybridized carbons (Fsp3) is 0.619. The molecule has 2 heterocycles. The zero-order chi connectivity index (χ0) is 21.6. The van der Waals surface area contributed by atoms with E-state index in [2.05, 4.69) is 10.3 Å². The van der Waals surface area contributed by atoms with Crippen LogP contribution in [0.2, 0.25) is 0 Å². The highest BCUT2D eigenvalue weighted by molar-refractivity contribution is 7.92. The smallest absolute Gasteiger partial charge is 0.310 e. The van der Waals surface area contributed by atoms with Gasteiger partial charge in [0.1, 0.15) is 0 Å². The van der Waals surface area contributed by atoms with Gasteiger partial charge >= 0.3 is 5.97 Å². The summed E-state index contributed by atoms with van der Waals surface area (Å²) in [7, 11) is -3.44. The highest BCUT2D eigenvalue weighted by Crippen LogP contribution is 2.30. The predicted molar refractivity (Wildman–Crippen MR) is 118 cm³/mol. The van der Waals surface area contributed by atoms with Gasteiger partial charge in [-0.2, -0.15) is 0 Å². The van der Waals surface area contributed by atoms with Gasteiger partial charge in [0.25, 0.3) is 0 Å². The van der Waals surface area contributed by atoms with Crippen LogP contribution in [0.5, 0.6) is 0 Å². The standard InChI is InChI=1S/C21H32N4O4S/c1-3-22-21(24-13-7-9-18(16-24)20(26)29-4-2)23-12-15-30(27,28)25-14-11-17-8-5-6-10-19(17)25/h5-6,8,10,18H,3-4,7,9,11-16H2,1-2H3,(H,22,23). The van der Waals surface area contributed by atoms with E-state index in [9.17, 15) is 13.2 Å². The van der Waals surface area contributed by atoms with Crippen LogP contribution in [0.25, 0.3) is 0 Å². The molecule has 0 radical (unpaired) electrons. The Bertz CT molecular complexity index is 872. The maximum absolute atomic E-state index is 12.9. The zero-order valence-corrected chi connectivity index (χ0v) is 18.7. The van der Waals surface area contributed by atoms with Crippen LogP contribution in [0.4, 0.5) is 5.69 Å². The van der Waals surface area contributed by atoms with Crippen molar-refractivity contribution in [3.63, 3.8) is 0 Å². The molecule has 1 fully saturated rings. The maximum Gasteiger partial charge on any atom is 0.310 e. The van der Waals surface area contributed by atoms with E-state index >= 15 is 0 Å². The molecular formula is C21H32N4O4S. The number of anilines is 1. The number of nitrogens with one attached hydrogen (secondary N) is 1. The van der Waals surface area contributed by atoms with Crippen molar-refractivity contribution in [2.75, 3.05) is 49.4 Å². The van der Waals surface area contributed by atoms with Crippen LogP contribution < -0.4 is 9.62 Å². The molecule has 2 aliphatic heterocycles. The molecule has 8 nitrogen and oxygen atoms in total. The molecule has 1 aromatic carbocycles. The van der Waals surface area contributed by atoms with Crippen LogP contribution in [0, 0.1) is 5.92 Å². The Morgan fingerprint density at radius 3 is 2.83 bits per heavy atom. The molecule has 1 aromatic rings. The number of para-hydroxylation sites is 1. The van der Waals surface area contributed by atoms with E-state index in [0.29, 0.717) is 32.2 Å². The molecule has 0 bridgehead atoms. The van der Waals surface area contributed by atoms with Crippen LogP contribution in [-0.4, -0.2) is 70.3 Å². The summed E-state index contributed by atoms with van der Waals surface area (Å²) in [6.45, 7) is 6.81. The Kier molecular flexibility index (Phi) is 7.58. The van der Waals surface area contributed by atoms with Crippen molar-refractivity contribution in [2.24, 2.45) is 10.9 Å². The van der Waals surface area contributed by atoms with E-state index in [4.69, 9.17) is 4.74 Å². The number of likely N-dealkylation sites (tertiary alicyclic amines) is 1. The highest BCUT2D eigenvalue weighted by Gasteiger charge is 2.30. The summed E-state index contributed by atoms with van der Waals surface area (Å²) >= 11 is 0. The number of sulfonamides is 1. The summed E-state index contributed by atoms with van der Waals surface area (Å²) in [4.78, 5) is 18.7. The second-order valence-corrected chi connectivity index (χ2v) is 9.55. The number of piperidine rings is 1. The first-order valence-electron chi connectivity index (χ1n) is 10.7. The van der Waals surface area contributed by atoms with Gasteiger partial charge in [-0.1, -0.05) is 18.2 Å². The number of carbonyl (C=O) groups excluding carboxylic acids is 1. The number of esters is 1. The number of aliphatic imine (C=N–C) groups is 1. The fourth-order valence-corrected chi connectivity index (χ4v) is 5.41. The summed E-state index contributed by atoms with van der Waals surface area (Å²) < 4.78 is 32.4. The zero-order valence-electron chi connectivity index (χ0n) is 17.8. The minimum Gasteiger partial charge on any atom is -0.466 e. The van der Waals surface area contributed by atoms with Crippen molar-refractivity contribution in [3.05, 3.63) is 29.8 Å². The molecule has 1 atom stereocenters. The summed E-state index contributed by atoms with van der Waals surface area (Å²) in [5.41, 5.74) is 1.85. The number of nitrogens with zero attached hydrogens (tertiary/aromatic N) is 3. The Hall–Kier alpha value is -2.29. The van der Waals surface area contributed by atoms with E-state index in [1.54, 1.807) is 0 Å². The van der Waals surface area contributed by atoms with E-state index in [-0.39, 0.29) is 24.2 Å². The van der Waals surface area contributed by atoms with Crippen LogP contribution in [0.1, 0.15) is 32.3 Å². The van der Waals surface area contributed by atoms with Gasteiger partial charge in [0, 0.05) is 26.2 Å². The molecule has 1 saturated heterocycles. The first kappa shape index (κ1) is 22.4. The van der Waals surface area contributed by atoms with E-state index in [0.717, 1.165) is 37.1 Å². The molecule has 3 rings (SSSR count). The first-order chi connectivity index (χ1) is 14.5. The molecule has 166 valence electrons. The number of fused-ring (bicyclic) bond motifs is 1. The van der Waals surface area contributed by atoms with E-state index in [1.807, 2.05) is 43.0 Å². The lowest BCUT2D eigenvalue weighted by atomic mass is 9.98. The lowest BCUT2D eigenvalue weighted by Crippen LogP contribution is -2.48. The molecule has 1 unspecified atom stereocenters. The van der Waals surface area contributed by atoms with Gasteiger partial charge in [-0.15, -0.1) is 0 Å². The third-order valence-electron chi connectivity index (χ3n) is 5.47. The lowest BCUT2D eigenvalue weighted by molar-refractivity contribution is -0.149. The van der Waals surface area contributed by atoms with Gasteiger partial charge in [-0.3, -0.25) is 14.1 Å². The topological polar surface area (TPSA) is 91.3 Å². The number of ether oxygens (including phenoxy) is 1. The Balaban J connectivity index is 1.64. The fourth-order valence-electron chi connectivity index (χ4n) is 4.02. The summed E-state index contributed by atoms with van der Waals surface area (Å²) in [6.07, 6.45) is 2.42. The third-order valence-corrected chi connectivity index (χ3v) is 7.22. The average Bonchev–Trinajstić information content (AvgIpc) is 3.18. The quantitative estimate of drug-likeness (QED) is 0.397. The summed E-state index contributed by atoms with van der Waals surface area (Å²) in [6, 6.07) is 7.63. The van der Waals surface area contributed by atoms with Crippen molar-refractivity contribution >= 4 is 27.6 Å². The largest absolute Gasteiger partial charge is 0.466 e. The molecule has 0 saturated carbocycles. The SMILES string of the molecule is CCNC(=NCCS(=O)(=O)N1CCc2ccccc21)N1CCCC(C(=O)OCC)C1. The number of hydrogen-bond acceptors (Lipinski definition) is 5. The molecule has 0 amide bonds. The molecule has 0 aliphatic carbocycles. The van der Waals surface area contributed by atoms with Crippen LogP contribution >= 0.6 is 0 Å². The monoisotopic (exact) mass is 436 g/mol. The Morgan fingerprint density at radius 1 is 1.27 bits per heavy atom. The summed E-state index contributed by atoms with van der Waals surface area (Å²) in [5, 5.41) is 3.23. The Labute approximate surface area is 179 Å². The van der Waals surface area contributed by atoms with Gasteiger partial charge < -0.3 is 15.0 Å². The number of benzene rings is 1. The molecule has 0 spiro atoms. The predicted octanol–water partition coefficient (Wildman–Crippen LogP) is 1.62. The van der Waals surface area contributed by atoms with Crippen LogP contribution in [0.3, 0.4) is 0 Å². The van der Waals surface area contributed by atoms with Gasteiger partial charge in [-0.25, -0.2) is 8.42 Å². The highest BCUT2D eigenvalue weighted by atomic mass is 32.2. The van der Waals surface area contributed by atoms with Crippen molar-refractivity contribution in [2.45, 2.75) is 33.1 Å². The second kappa shape index (κ2) is 10.1. The molecule has 2 aliphatic rings. The van der Waals surface area contributed by atoms with Crippen molar-refractivity contribution in [1.29, 1.82) is 0 Å². The molecule has 0 aromatic heterocycles. The van der Waals surface area contributed by atoms with Gasteiger partial charge in [0.05, 0.1) is 30.5 Å². The number of guanidine groups is 1. The minimum absolute atomic E-state index is 0.0502. The summed E-state index contributed by atoms with van der Waals surface area (Å²) in [5.74, 6) is 0.259. The van der Waals surface area contributed by atoms with Crippen LogP contribution in [0.15, 0.2) is 29.3 Å². The maximum atomic E-state index is 12.9. The number of rotatable bonds is 7.